The Morgan fingerprint density at radius 3 is 2.73 bits per heavy atom. The van der Waals surface area contributed by atoms with E-state index in [1.807, 2.05) is 37.5 Å². The zero-order valence-electron chi connectivity index (χ0n) is 20.7. The van der Waals surface area contributed by atoms with Crippen LogP contribution in [-0.4, -0.2) is 56.0 Å². The molecule has 0 radical (unpaired) electrons. The number of nitrogens with two attached hydrogens (primary N) is 2. The molecule has 4 aromatic heterocycles. The molecular formula is C27H28N10. The van der Waals surface area contributed by atoms with Crippen LogP contribution < -0.4 is 16.4 Å². The molecule has 0 aliphatic carbocycles. The molecule has 2 aliphatic rings. The topological polar surface area (TPSA) is 159 Å². The molecule has 0 amide bonds. The minimum absolute atomic E-state index is 0.104. The van der Waals surface area contributed by atoms with Crippen LogP contribution in [0.3, 0.4) is 0 Å². The molecule has 1 fully saturated rings. The SMILES string of the molecule is Cc1cc(-c2ccc(N)c(C(=N)c3nc4c(C5=CN=CC(C)C5)cncc4[nH]3)n2)nc(N2CC(N)C2)c1. The molecule has 0 saturated carbocycles. The molecule has 1 unspecified atom stereocenters. The van der Waals surface area contributed by atoms with Crippen LogP contribution in [-0.2, 0) is 0 Å². The Kier molecular flexibility index (Phi) is 5.53. The molecule has 0 aromatic carbocycles. The Morgan fingerprint density at radius 2 is 1.95 bits per heavy atom. The van der Waals surface area contributed by atoms with Crippen molar-refractivity contribution in [1.29, 1.82) is 5.41 Å². The van der Waals surface area contributed by atoms with E-state index in [1.54, 1.807) is 18.5 Å². The predicted octanol–water partition coefficient (Wildman–Crippen LogP) is 3.32. The van der Waals surface area contributed by atoms with E-state index in [-0.39, 0.29) is 11.8 Å². The minimum atomic E-state index is 0.104. The molecule has 1 saturated heterocycles. The molecule has 186 valence electrons. The number of hydrogen-bond donors (Lipinski definition) is 4. The van der Waals surface area contributed by atoms with Crippen molar-refractivity contribution in [3.8, 4) is 11.4 Å². The molecule has 0 spiro atoms. The fraction of sp³-hybridized carbons (Fsp3) is 0.259. The van der Waals surface area contributed by atoms with E-state index in [1.165, 1.54) is 0 Å². The van der Waals surface area contributed by atoms with Gasteiger partial charge in [-0.15, -0.1) is 0 Å². The van der Waals surface area contributed by atoms with E-state index < -0.39 is 0 Å². The summed E-state index contributed by atoms with van der Waals surface area (Å²) in [4.78, 5) is 28.5. The standard InChI is InChI=1S/C27H28N10/c1-14-6-21(33-23(7-14)37-12-17(28)13-37)20-4-3-19(29)26(34-20)24(30)27-35-22-11-32-10-18(25(22)36-27)16-5-15(2)8-31-9-16/h3-4,6-11,15,17,30H,5,12-13,28-29H2,1-2H3,(H,35,36). The first-order chi connectivity index (χ1) is 17.9. The molecule has 10 nitrogen and oxygen atoms in total. The number of aromatic nitrogens is 5. The Morgan fingerprint density at radius 1 is 1.11 bits per heavy atom. The minimum Gasteiger partial charge on any atom is -0.397 e. The number of aryl methyl sites for hydroxylation is 1. The van der Waals surface area contributed by atoms with Gasteiger partial charge in [0, 0.05) is 43.3 Å². The number of anilines is 2. The Bertz CT molecular complexity index is 1590. The summed E-state index contributed by atoms with van der Waals surface area (Å²) in [6.45, 7) is 5.72. The number of H-pyrrole nitrogens is 1. The maximum Gasteiger partial charge on any atom is 0.158 e. The van der Waals surface area contributed by atoms with Gasteiger partial charge in [0.1, 0.15) is 17.2 Å². The fourth-order valence-electron chi connectivity index (χ4n) is 4.76. The summed E-state index contributed by atoms with van der Waals surface area (Å²) < 4.78 is 0. The third-order valence-electron chi connectivity index (χ3n) is 6.71. The summed E-state index contributed by atoms with van der Waals surface area (Å²) in [5, 5.41) is 8.93. The number of allylic oxidation sites excluding steroid dienone is 1. The second-order valence-electron chi connectivity index (χ2n) is 9.86. The van der Waals surface area contributed by atoms with Crippen molar-refractivity contribution in [3.63, 3.8) is 0 Å². The molecule has 0 bridgehead atoms. The van der Waals surface area contributed by atoms with Crippen LogP contribution in [0, 0.1) is 18.3 Å². The molecule has 2 aliphatic heterocycles. The monoisotopic (exact) mass is 492 g/mol. The third kappa shape index (κ3) is 4.25. The van der Waals surface area contributed by atoms with Crippen molar-refractivity contribution in [1.82, 2.24) is 24.9 Å². The molecule has 6 heterocycles. The number of pyridine rings is 3. The lowest BCUT2D eigenvalue weighted by atomic mass is 9.95. The molecule has 37 heavy (non-hydrogen) atoms. The molecular weight excluding hydrogens is 464 g/mol. The molecule has 1 atom stereocenters. The van der Waals surface area contributed by atoms with Gasteiger partial charge in [0.15, 0.2) is 5.82 Å². The van der Waals surface area contributed by atoms with Gasteiger partial charge in [-0.1, -0.05) is 6.92 Å². The van der Waals surface area contributed by atoms with Crippen LogP contribution in [0.1, 0.15) is 36.0 Å². The summed E-state index contributed by atoms with van der Waals surface area (Å²) in [5.74, 6) is 1.59. The number of nitrogens with zero attached hydrogens (tertiary/aromatic N) is 6. The van der Waals surface area contributed by atoms with Crippen LogP contribution >= 0.6 is 0 Å². The van der Waals surface area contributed by atoms with Crippen LogP contribution in [0.2, 0.25) is 0 Å². The predicted molar refractivity (Wildman–Crippen MR) is 147 cm³/mol. The summed E-state index contributed by atoms with van der Waals surface area (Å²) in [5.41, 5.74) is 19.0. The summed E-state index contributed by atoms with van der Waals surface area (Å²) in [6.07, 6.45) is 8.17. The average Bonchev–Trinajstić information content (AvgIpc) is 3.31. The summed E-state index contributed by atoms with van der Waals surface area (Å²) in [7, 11) is 0. The van der Waals surface area contributed by atoms with E-state index in [2.05, 4.69) is 26.8 Å². The van der Waals surface area contributed by atoms with Gasteiger partial charge in [-0.05, 0) is 54.7 Å². The normalized spacial score (nSPS) is 17.6. The van der Waals surface area contributed by atoms with Crippen molar-refractivity contribution in [2.24, 2.45) is 16.6 Å². The third-order valence-corrected chi connectivity index (χ3v) is 6.71. The Labute approximate surface area is 214 Å². The number of fused-ring (bicyclic) bond motifs is 1. The van der Waals surface area contributed by atoms with Gasteiger partial charge < -0.3 is 21.4 Å². The number of rotatable bonds is 5. The van der Waals surface area contributed by atoms with Crippen molar-refractivity contribution in [2.75, 3.05) is 23.7 Å². The lowest BCUT2D eigenvalue weighted by molar-refractivity contribution is 0.514. The maximum atomic E-state index is 8.93. The largest absolute Gasteiger partial charge is 0.397 e. The van der Waals surface area contributed by atoms with Gasteiger partial charge in [-0.2, -0.15) is 0 Å². The Balaban J connectivity index is 1.36. The first-order valence-electron chi connectivity index (χ1n) is 12.3. The first-order valence-corrected chi connectivity index (χ1v) is 12.3. The van der Waals surface area contributed by atoms with Gasteiger partial charge in [0.25, 0.3) is 0 Å². The zero-order chi connectivity index (χ0) is 25.7. The van der Waals surface area contributed by atoms with Crippen molar-refractivity contribution in [2.45, 2.75) is 26.3 Å². The highest BCUT2D eigenvalue weighted by Gasteiger charge is 2.25. The molecule has 4 aromatic rings. The van der Waals surface area contributed by atoms with Crippen molar-refractivity contribution >= 4 is 40.0 Å². The van der Waals surface area contributed by atoms with Gasteiger partial charge >= 0.3 is 0 Å². The average molecular weight is 493 g/mol. The van der Waals surface area contributed by atoms with E-state index in [9.17, 15) is 0 Å². The van der Waals surface area contributed by atoms with Crippen LogP contribution in [0.5, 0.6) is 0 Å². The van der Waals surface area contributed by atoms with Crippen LogP contribution in [0.25, 0.3) is 28.0 Å². The number of aliphatic imine (C=N–C) groups is 1. The number of nitrogens with one attached hydrogen (secondary N) is 2. The lowest BCUT2D eigenvalue weighted by Crippen LogP contribution is -2.56. The van der Waals surface area contributed by atoms with Gasteiger partial charge in [-0.25, -0.2) is 15.0 Å². The number of aromatic amines is 1. The second kappa shape index (κ2) is 8.90. The Hall–Kier alpha value is -4.44. The zero-order valence-corrected chi connectivity index (χ0v) is 20.7. The molecule has 6 N–H and O–H groups in total. The van der Waals surface area contributed by atoms with Gasteiger partial charge in [-0.3, -0.25) is 15.4 Å². The highest BCUT2D eigenvalue weighted by molar-refractivity contribution is 6.12. The van der Waals surface area contributed by atoms with Crippen LogP contribution in [0.15, 0.2) is 47.9 Å². The summed E-state index contributed by atoms with van der Waals surface area (Å²) >= 11 is 0. The van der Waals surface area contributed by atoms with Crippen LogP contribution in [0.4, 0.5) is 11.5 Å². The van der Waals surface area contributed by atoms with Gasteiger partial charge in [0.05, 0.1) is 34.3 Å². The second-order valence-corrected chi connectivity index (χ2v) is 9.86. The van der Waals surface area contributed by atoms with Crippen molar-refractivity contribution < 1.29 is 0 Å². The quantitative estimate of drug-likeness (QED) is 0.311. The molecule has 10 heteroatoms. The smallest absolute Gasteiger partial charge is 0.158 e. The summed E-state index contributed by atoms with van der Waals surface area (Å²) in [6, 6.07) is 7.80. The fourth-order valence-corrected chi connectivity index (χ4v) is 4.76. The highest BCUT2D eigenvalue weighted by Crippen LogP contribution is 2.30. The van der Waals surface area contributed by atoms with E-state index in [4.69, 9.17) is 31.8 Å². The highest BCUT2D eigenvalue weighted by atomic mass is 15.3. The number of nitrogen functional groups attached to an aromatic ring is 1. The number of imidazole rings is 1. The molecule has 6 rings (SSSR count). The lowest BCUT2D eigenvalue weighted by Gasteiger charge is -2.38. The van der Waals surface area contributed by atoms with E-state index >= 15 is 0 Å². The van der Waals surface area contributed by atoms with Crippen molar-refractivity contribution in [3.05, 3.63) is 65.5 Å². The maximum absolute atomic E-state index is 8.93. The van der Waals surface area contributed by atoms with E-state index in [0.29, 0.717) is 28.8 Å². The van der Waals surface area contributed by atoms with E-state index in [0.717, 1.165) is 58.8 Å². The van der Waals surface area contributed by atoms with Gasteiger partial charge in [0.2, 0.25) is 0 Å². The first kappa shape index (κ1) is 23.0. The number of hydrogen-bond acceptors (Lipinski definition) is 9.